The summed E-state index contributed by atoms with van der Waals surface area (Å²) in [5.74, 6) is -0.879. The maximum absolute atomic E-state index is 14.4. The molecule has 1 aliphatic rings. The highest BCUT2D eigenvalue weighted by atomic mass is 32.2. The normalized spacial score (nSPS) is 22.2. The van der Waals surface area contributed by atoms with Gasteiger partial charge in [0.1, 0.15) is 22.6 Å². The molecule has 8 nitrogen and oxygen atoms in total. The third-order valence-electron chi connectivity index (χ3n) is 5.86. The van der Waals surface area contributed by atoms with Gasteiger partial charge in [0.2, 0.25) is 20.0 Å². The predicted octanol–water partition coefficient (Wildman–Crippen LogP) is 2.15. The number of halogens is 1. The second kappa shape index (κ2) is 9.67. The molecule has 0 spiro atoms. The highest BCUT2D eigenvalue weighted by Crippen LogP contribution is 2.37. The number of benzene rings is 2. The summed E-state index contributed by atoms with van der Waals surface area (Å²) in [5, 5.41) is 9.69. The Kier molecular flexibility index (Phi) is 7.49. The van der Waals surface area contributed by atoms with Crippen molar-refractivity contribution in [3.63, 3.8) is 0 Å². The number of aliphatic hydroxyl groups is 1. The number of nitrogens with zero attached hydrogens (tertiary/aromatic N) is 2. The molecule has 3 rings (SSSR count). The number of likely N-dealkylation sites (N-methyl/N-ethyl adjacent to an activating group) is 1. The molecule has 1 N–H and O–H groups in total. The molecule has 0 aromatic heterocycles. The lowest BCUT2D eigenvalue weighted by Gasteiger charge is -2.37. The van der Waals surface area contributed by atoms with Crippen molar-refractivity contribution in [1.29, 1.82) is 0 Å². The molecule has 0 aliphatic carbocycles. The van der Waals surface area contributed by atoms with Gasteiger partial charge in [0.05, 0.1) is 19.4 Å². The molecule has 0 radical (unpaired) electrons. The van der Waals surface area contributed by atoms with Crippen molar-refractivity contribution in [2.24, 2.45) is 5.92 Å². The number of sulfonamides is 2. The molecule has 182 valence electrons. The zero-order chi connectivity index (χ0) is 24.6. The number of rotatable bonds is 6. The summed E-state index contributed by atoms with van der Waals surface area (Å²) in [5.41, 5.74) is 0.703. The molecule has 0 saturated heterocycles. The van der Waals surface area contributed by atoms with Crippen molar-refractivity contribution in [2.45, 2.75) is 30.9 Å². The van der Waals surface area contributed by atoms with Crippen molar-refractivity contribution in [3.05, 3.63) is 48.3 Å². The van der Waals surface area contributed by atoms with Crippen LogP contribution in [0.4, 0.5) is 4.39 Å². The molecule has 3 atom stereocenters. The van der Waals surface area contributed by atoms with Gasteiger partial charge in [-0.15, -0.1) is 0 Å². The average molecular weight is 501 g/mol. The standard InChI is InChI=1S/C22H29FN2O6S2/c1-15-12-25(16(2)14-26)33(29,30)22-10-9-17(18-7-5-6-8-19(18)23)11-20(22)31-21(15)13-24(3)32(4,27)28/h5-11,15-16,21,26H,12-14H2,1-4H3/t15-,16-,21+/m1/s1. The molecule has 2 aromatic carbocycles. The third kappa shape index (κ3) is 5.38. The van der Waals surface area contributed by atoms with Crippen LogP contribution < -0.4 is 4.74 Å². The van der Waals surface area contributed by atoms with Gasteiger partial charge >= 0.3 is 0 Å². The van der Waals surface area contributed by atoms with E-state index in [2.05, 4.69) is 0 Å². The molecule has 33 heavy (non-hydrogen) atoms. The minimum Gasteiger partial charge on any atom is -0.487 e. The molecule has 0 saturated carbocycles. The molecule has 0 fully saturated rings. The summed E-state index contributed by atoms with van der Waals surface area (Å²) in [7, 11) is -6.14. The van der Waals surface area contributed by atoms with Gasteiger partial charge < -0.3 is 9.84 Å². The Bertz CT molecular complexity index is 1220. The molecule has 11 heteroatoms. The summed E-state index contributed by atoms with van der Waals surface area (Å²) < 4.78 is 73.8. The maximum atomic E-state index is 14.4. The van der Waals surface area contributed by atoms with Crippen LogP contribution in [0.25, 0.3) is 11.1 Å². The number of fused-ring (bicyclic) bond motifs is 1. The lowest BCUT2D eigenvalue weighted by atomic mass is 10.0. The van der Waals surface area contributed by atoms with E-state index in [0.29, 0.717) is 5.56 Å². The van der Waals surface area contributed by atoms with Crippen LogP contribution in [0.2, 0.25) is 0 Å². The second-order valence-electron chi connectivity index (χ2n) is 8.42. The van der Waals surface area contributed by atoms with Crippen molar-refractivity contribution in [2.75, 3.05) is 33.0 Å². The topological polar surface area (TPSA) is 104 Å². The van der Waals surface area contributed by atoms with Gasteiger partial charge in [-0.1, -0.05) is 31.2 Å². The van der Waals surface area contributed by atoms with Crippen LogP contribution in [0.1, 0.15) is 13.8 Å². The van der Waals surface area contributed by atoms with E-state index in [9.17, 15) is 26.3 Å². The number of hydrogen-bond acceptors (Lipinski definition) is 6. The summed E-state index contributed by atoms with van der Waals surface area (Å²) in [6, 6.07) is 9.72. The summed E-state index contributed by atoms with van der Waals surface area (Å²) >= 11 is 0. The zero-order valence-electron chi connectivity index (χ0n) is 19.0. The Hall–Kier alpha value is -2.05. The van der Waals surface area contributed by atoms with Crippen LogP contribution in [0, 0.1) is 11.7 Å². The highest BCUT2D eigenvalue weighted by Gasteiger charge is 2.38. The monoisotopic (exact) mass is 500 g/mol. The van der Waals surface area contributed by atoms with Crippen molar-refractivity contribution >= 4 is 20.0 Å². The Labute approximate surface area is 194 Å². The molecule has 0 unspecified atom stereocenters. The van der Waals surface area contributed by atoms with E-state index in [0.717, 1.165) is 10.6 Å². The first kappa shape index (κ1) is 25.6. The van der Waals surface area contributed by atoms with Gasteiger partial charge in [-0.2, -0.15) is 4.31 Å². The van der Waals surface area contributed by atoms with E-state index >= 15 is 0 Å². The van der Waals surface area contributed by atoms with E-state index in [-0.39, 0.29) is 35.9 Å². The minimum atomic E-state index is -4.05. The predicted molar refractivity (Wildman–Crippen MR) is 123 cm³/mol. The fourth-order valence-corrected chi connectivity index (χ4v) is 5.94. The first-order valence-electron chi connectivity index (χ1n) is 10.5. The van der Waals surface area contributed by atoms with Crippen LogP contribution in [0.15, 0.2) is 47.4 Å². The molecule has 1 heterocycles. The number of ether oxygens (including phenoxy) is 1. The van der Waals surface area contributed by atoms with Gasteiger partial charge in [0, 0.05) is 31.1 Å². The SMILES string of the molecule is C[C@@H]1CN([C@H](C)CO)S(=O)(=O)c2ccc(-c3ccccc3F)cc2O[C@H]1CN(C)S(C)(=O)=O. The number of hydrogen-bond donors (Lipinski definition) is 1. The van der Waals surface area contributed by atoms with Crippen LogP contribution >= 0.6 is 0 Å². The van der Waals surface area contributed by atoms with Gasteiger partial charge in [0.15, 0.2) is 0 Å². The lowest BCUT2D eigenvalue weighted by Crippen LogP contribution is -2.50. The fourth-order valence-electron chi connectivity index (χ4n) is 3.70. The van der Waals surface area contributed by atoms with E-state index < -0.39 is 43.9 Å². The smallest absolute Gasteiger partial charge is 0.247 e. The Morgan fingerprint density at radius 1 is 1.27 bits per heavy atom. The third-order valence-corrected chi connectivity index (χ3v) is 9.16. The first-order chi connectivity index (χ1) is 15.4. The quantitative estimate of drug-likeness (QED) is 0.652. The van der Waals surface area contributed by atoms with Gasteiger partial charge in [-0.25, -0.2) is 25.5 Å². The highest BCUT2D eigenvalue weighted by molar-refractivity contribution is 7.89. The zero-order valence-corrected chi connectivity index (χ0v) is 20.6. The summed E-state index contributed by atoms with van der Waals surface area (Å²) in [6.45, 7) is 2.99. The minimum absolute atomic E-state index is 0.00402. The lowest BCUT2D eigenvalue weighted by molar-refractivity contribution is 0.0906. The number of aliphatic hydroxyl groups excluding tert-OH is 1. The van der Waals surface area contributed by atoms with E-state index in [1.807, 2.05) is 0 Å². The van der Waals surface area contributed by atoms with Crippen molar-refractivity contribution in [3.8, 4) is 16.9 Å². The van der Waals surface area contributed by atoms with Gasteiger partial charge in [0.25, 0.3) is 0 Å². The van der Waals surface area contributed by atoms with Crippen LogP contribution in [0.5, 0.6) is 5.75 Å². The molecule has 0 bridgehead atoms. The van der Waals surface area contributed by atoms with Gasteiger partial charge in [-0.3, -0.25) is 0 Å². The Morgan fingerprint density at radius 2 is 1.94 bits per heavy atom. The molecule has 1 aliphatic heterocycles. The fraction of sp³-hybridized carbons (Fsp3) is 0.455. The van der Waals surface area contributed by atoms with Crippen molar-refractivity contribution in [1.82, 2.24) is 8.61 Å². The van der Waals surface area contributed by atoms with Gasteiger partial charge in [-0.05, 0) is 30.7 Å². The van der Waals surface area contributed by atoms with E-state index in [1.54, 1.807) is 32.0 Å². The van der Waals surface area contributed by atoms with E-state index in [1.165, 1.54) is 35.6 Å². The summed E-state index contributed by atoms with van der Waals surface area (Å²) in [4.78, 5) is -0.123. The summed E-state index contributed by atoms with van der Waals surface area (Å²) in [6.07, 6.45) is 0.387. The van der Waals surface area contributed by atoms with Crippen LogP contribution in [0.3, 0.4) is 0 Å². The molecule has 0 amide bonds. The average Bonchev–Trinajstić information content (AvgIpc) is 2.75. The van der Waals surface area contributed by atoms with Crippen LogP contribution in [-0.2, 0) is 20.0 Å². The van der Waals surface area contributed by atoms with Crippen LogP contribution in [-0.4, -0.2) is 75.7 Å². The molecular weight excluding hydrogens is 471 g/mol. The first-order valence-corrected chi connectivity index (χ1v) is 13.7. The van der Waals surface area contributed by atoms with Crippen molar-refractivity contribution < 1.29 is 31.1 Å². The Morgan fingerprint density at radius 3 is 2.55 bits per heavy atom. The maximum Gasteiger partial charge on any atom is 0.247 e. The largest absolute Gasteiger partial charge is 0.487 e. The van der Waals surface area contributed by atoms with E-state index in [4.69, 9.17) is 4.74 Å². The molecular formula is C22H29FN2O6S2. The molecule has 2 aromatic rings. The second-order valence-corrected chi connectivity index (χ2v) is 12.4. The Balaban J connectivity index is 2.17.